The van der Waals surface area contributed by atoms with Gasteiger partial charge < -0.3 is 5.11 Å². The Morgan fingerprint density at radius 3 is 2.60 bits per heavy atom. The summed E-state index contributed by atoms with van der Waals surface area (Å²) in [5, 5.41) is 12.7. The lowest BCUT2D eigenvalue weighted by Crippen LogP contribution is -2.16. The van der Waals surface area contributed by atoms with E-state index in [2.05, 4.69) is 4.98 Å². The van der Waals surface area contributed by atoms with Crippen LogP contribution < -0.4 is 0 Å². The summed E-state index contributed by atoms with van der Waals surface area (Å²) in [4.78, 5) is 4.25. The molecular weight excluding hydrogens is 294 g/mol. The van der Waals surface area contributed by atoms with Crippen molar-refractivity contribution in [3.8, 4) is 0 Å². The number of aliphatic hydroxyl groups is 1. The molecule has 6 heteroatoms. The average Bonchev–Trinajstić information content (AvgIpc) is 2.86. The highest BCUT2D eigenvalue weighted by atomic mass is 32.2. The molecule has 0 saturated heterocycles. The number of aryl methyl sites for hydroxylation is 1. The van der Waals surface area contributed by atoms with Crippen LogP contribution in [0.4, 0.5) is 0 Å². The summed E-state index contributed by atoms with van der Waals surface area (Å²) < 4.78 is 24.2. The van der Waals surface area contributed by atoms with E-state index in [1.165, 1.54) is 11.3 Å². The molecule has 2 aromatic rings. The lowest BCUT2D eigenvalue weighted by Gasteiger charge is -2.10. The lowest BCUT2D eigenvalue weighted by molar-refractivity contribution is 0.201. The quantitative estimate of drug-likeness (QED) is 0.889. The second-order valence-electron chi connectivity index (χ2n) is 4.57. The Labute approximate surface area is 123 Å². The fraction of sp³-hybridized carbons (Fsp3) is 0.357. The molecule has 2 rings (SSSR count). The first-order valence-corrected chi connectivity index (χ1v) is 9.07. The van der Waals surface area contributed by atoms with E-state index < -0.39 is 15.9 Å². The van der Waals surface area contributed by atoms with E-state index in [1.54, 1.807) is 29.6 Å². The molecule has 1 heterocycles. The molecule has 4 nitrogen and oxygen atoms in total. The number of nitrogens with zero attached hydrogens (tertiary/aromatic N) is 1. The number of rotatable bonds is 6. The third-order valence-corrected chi connectivity index (χ3v) is 5.47. The van der Waals surface area contributed by atoms with Crippen LogP contribution >= 0.6 is 11.3 Å². The van der Waals surface area contributed by atoms with Crippen LogP contribution in [0.5, 0.6) is 0 Å². The Bertz CT molecular complexity index is 650. The van der Waals surface area contributed by atoms with E-state index in [4.69, 9.17) is 0 Å². The van der Waals surface area contributed by atoms with Gasteiger partial charge >= 0.3 is 0 Å². The molecule has 1 atom stereocenters. The molecule has 0 saturated carbocycles. The summed E-state index contributed by atoms with van der Waals surface area (Å²) in [6.45, 7) is 1.98. The highest BCUT2D eigenvalue weighted by Crippen LogP contribution is 2.18. The van der Waals surface area contributed by atoms with Crippen molar-refractivity contribution in [3.63, 3.8) is 0 Å². The maximum atomic E-state index is 12.1. The molecule has 1 unspecified atom stereocenters. The molecule has 0 fully saturated rings. The number of aromatic nitrogens is 1. The van der Waals surface area contributed by atoms with Gasteiger partial charge in [-0.05, 0) is 12.0 Å². The molecular formula is C14H17NO3S2. The maximum Gasteiger partial charge on any atom is 0.158 e. The molecule has 0 radical (unpaired) electrons. The van der Waals surface area contributed by atoms with Crippen molar-refractivity contribution in [1.29, 1.82) is 0 Å². The van der Waals surface area contributed by atoms with Crippen LogP contribution in [0, 0.1) is 0 Å². The number of sulfone groups is 1. The average molecular weight is 311 g/mol. The predicted molar refractivity (Wildman–Crippen MR) is 80.4 cm³/mol. The summed E-state index contributed by atoms with van der Waals surface area (Å²) in [5.41, 5.74) is 1.18. The Balaban J connectivity index is 2.04. The van der Waals surface area contributed by atoms with Gasteiger partial charge in [0.15, 0.2) is 9.84 Å². The highest BCUT2D eigenvalue weighted by molar-refractivity contribution is 7.90. The molecule has 0 spiro atoms. The second kappa shape index (κ2) is 6.47. The maximum absolute atomic E-state index is 12.1. The number of aliphatic hydroxyl groups excluding tert-OH is 1. The van der Waals surface area contributed by atoms with E-state index in [0.29, 0.717) is 11.3 Å². The van der Waals surface area contributed by atoms with Gasteiger partial charge in [-0.3, -0.25) is 0 Å². The molecule has 0 aliphatic rings. The van der Waals surface area contributed by atoms with Crippen molar-refractivity contribution < 1.29 is 13.5 Å². The first kappa shape index (κ1) is 15.2. The molecule has 108 valence electrons. The number of hydrogen-bond donors (Lipinski definition) is 1. The van der Waals surface area contributed by atoms with Crippen molar-refractivity contribution >= 4 is 21.2 Å². The van der Waals surface area contributed by atoms with E-state index in [0.717, 1.165) is 11.4 Å². The highest BCUT2D eigenvalue weighted by Gasteiger charge is 2.20. The minimum absolute atomic E-state index is 0.118. The summed E-state index contributed by atoms with van der Waals surface area (Å²) in [6, 6.07) is 8.82. The molecule has 1 aromatic carbocycles. The normalized spacial score (nSPS) is 13.3. The SMILES string of the molecule is CCc1nc(CS(=O)(=O)CC(O)c2ccccc2)cs1. The van der Waals surface area contributed by atoms with E-state index >= 15 is 0 Å². The van der Waals surface area contributed by atoms with E-state index in [-0.39, 0.29) is 11.5 Å². The van der Waals surface area contributed by atoms with Crippen LogP contribution in [0.15, 0.2) is 35.7 Å². The van der Waals surface area contributed by atoms with Crippen LogP contribution in [0.25, 0.3) is 0 Å². The molecule has 0 bridgehead atoms. The standard InChI is InChI=1S/C14H17NO3S2/c1-2-14-15-12(8-19-14)9-20(17,18)10-13(16)11-6-4-3-5-7-11/h3-8,13,16H,2,9-10H2,1H3. The summed E-state index contributed by atoms with van der Waals surface area (Å²) in [6.07, 6.45) is -0.192. The summed E-state index contributed by atoms with van der Waals surface area (Å²) >= 11 is 1.47. The number of hydrogen-bond acceptors (Lipinski definition) is 5. The minimum atomic E-state index is -3.38. The smallest absolute Gasteiger partial charge is 0.158 e. The van der Waals surface area contributed by atoms with Gasteiger partial charge in [0.25, 0.3) is 0 Å². The Kier molecular flexibility index (Phi) is 4.91. The zero-order valence-corrected chi connectivity index (χ0v) is 12.8. The van der Waals surface area contributed by atoms with Crippen molar-refractivity contribution in [1.82, 2.24) is 4.98 Å². The molecule has 0 amide bonds. The minimum Gasteiger partial charge on any atom is -0.387 e. The predicted octanol–water partition coefficient (Wildman–Crippen LogP) is 2.35. The van der Waals surface area contributed by atoms with E-state index in [1.807, 2.05) is 13.0 Å². The largest absolute Gasteiger partial charge is 0.387 e. The summed E-state index contributed by atoms with van der Waals surface area (Å²) in [7, 11) is -3.38. The topological polar surface area (TPSA) is 67.3 Å². The van der Waals surface area contributed by atoms with Gasteiger partial charge in [-0.25, -0.2) is 13.4 Å². The van der Waals surface area contributed by atoms with Crippen LogP contribution in [-0.4, -0.2) is 24.3 Å². The number of benzene rings is 1. The first-order chi connectivity index (χ1) is 9.50. The van der Waals surface area contributed by atoms with Crippen molar-refractivity contribution in [2.45, 2.75) is 25.2 Å². The third kappa shape index (κ3) is 4.13. The Morgan fingerprint density at radius 1 is 1.30 bits per heavy atom. The number of thiazole rings is 1. The Hall–Kier alpha value is -1.24. The zero-order chi connectivity index (χ0) is 14.6. The van der Waals surface area contributed by atoms with Crippen molar-refractivity contribution in [3.05, 3.63) is 52.0 Å². The van der Waals surface area contributed by atoms with Crippen LogP contribution in [0.3, 0.4) is 0 Å². The summed E-state index contributed by atoms with van der Waals surface area (Å²) in [5.74, 6) is -0.399. The van der Waals surface area contributed by atoms with Gasteiger partial charge in [-0.1, -0.05) is 37.3 Å². The van der Waals surface area contributed by atoms with Gasteiger partial charge in [0.05, 0.1) is 28.3 Å². The second-order valence-corrected chi connectivity index (χ2v) is 7.62. The molecule has 20 heavy (non-hydrogen) atoms. The van der Waals surface area contributed by atoms with Crippen molar-refractivity contribution in [2.24, 2.45) is 0 Å². The van der Waals surface area contributed by atoms with Gasteiger partial charge in [0.1, 0.15) is 0 Å². The van der Waals surface area contributed by atoms with Crippen LogP contribution in [0.2, 0.25) is 0 Å². The van der Waals surface area contributed by atoms with Gasteiger partial charge in [0, 0.05) is 5.38 Å². The molecule has 1 N–H and O–H groups in total. The van der Waals surface area contributed by atoms with Gasteiger partial charge in [0.2, 0.25) is 0 Å². The van der Waals surface area contributed by atoms with Crippen LogP contribution in [0.1, 0.15) is 29.3 Å². The van der Waals surface area contributed by atoms with Gasteiger partial charge in [-0.15, -0.1) is 11.3 Å². The first-order valence-electron chi connectivity index (χ1n) is 6.37. The van der Waals surface area contributed by atoms with Crippen molar-refractivity contribution in [2.75, 3.05) is 5.75 Å². The fourth-order valence-corrected chi connectivity index (χ4v) is 4.11. The molecule has 1 aromatic heterocycles. The Morgan fingerprint density at radius 2 is 2.00 bits per heavy atom. The molecule has 0 aliphatic heterocycles. The molecule has 0 aliphatic carbocycles. The fourth-order valence-electron chi connectivity index (χ4n) is 1.87. The third-order valence-electron chi connectivity index (χ3n) is 2.87. The van der Waals surface area contributed by atoms with Crippen LogP contribution in [-0.2, 0) is 22.0 Å². The zero-order valence-electron chi connectivity index (χ0n) is 11.2. The lowest BCUT2D eigenvalue weighted by atomic mass is 10.1. The van der Waals surface area contributed by atoms with E-state index in [9.17, 15) is 13.5 Å². The van der Waals surface area contributed by atoms with Gasteiger partial charge in [-0.2, -0.15) is 0 Å². The monoisotopic (exact) mass is 311 g/mol.